The Kier molecular flexibility index (Phi) is 12.9. The maximum absolute atomic E-state index is 9.92. The number of rotatable bonds is 13. The van der Waals surface area contributed by atoms with E-state index in [9.17, 15) is 5.11 Å². The molecule has 108 valence electrons. The minimum Gasteiger partial charge on any atom is -0.389 e. The summed E-state index contributed by atoms with van der Waals surface area (Å²) in [6.45, 7) is 8.43. The second kappa shape index (κ2) is 13.1. The normalized spacial score (nSPS) is 12.6. The van der Waals surface area contributed by atoms with Crippen molar-refractivity contribution in [1.82, 2.24) is 0 Å². The Bertz CT molecular complexity index is 186. The molecule has 0 aliphatic rings. The van der Waals surface area contributed by atoms with Crippen LogP contribution in [0.5, 0.6) is 0 Å². The van der Waals surface area contributed by atoms with Crippen LogP contribution in [0.1, 0.15) is 90.9 Å². The number of aliphatic hydroxyl groups excluding tert-OH is 1. The zero-order valence-corrected chi connectivity index (χ0v) is 12.7. The summed E-state index contributed by atoms with van der Waals surface area (Å²) in [4.78, 5) is 0. The molecule has 1 nitrogen and oxygen atoms in total. The second-order valence-electron chi connectivity index (χ2n) is 5.54. The summed E-state index contributed by atoms with van der Waals surface area (Å²) in [5.74, 6) is 0. The van der Waals surface area contributed by atoms with Gasteiger partial charge in [0, 0.05) is 0 Å². The molecule has 0 saturated heterocycles. The summed E-state index contributed by atoms with van der Waals surface area (Å²) >= 11 is 0. The van der Waals surface area contributed by atoms with Crippen LogP contribution in [0.2, 0.25) is 0 Å². The predicted octanol–water partition coefficient (Wildman–Crippen LogP) is 5.62. The van der Waals surface area contributed by atoms with Gasteiger partial charge in [0.2, 0.25) is 0 Å². The summed E-state index contributed by atoms with van der Waals surface area (Å²) in [7, 11) is 0. The molecular formula is C17H34O. The average Bonchev–Trinajstić information content (AvgIpc) is 2.38. The van der Waals surface area contributed by atoms with E-state index in [4.69, 9.17) is 0 Å². The summed E-state index contributed by atoms with van der Waals surface area (Å²) < 4.78 is 0. The van der Waals surface area contributed by atoms with E-state index >= 15 is 0 Å². The first-order chi connectivity index (χ1) is 8.72. The number of unbranched alkanes of at least 4 members (excludes halogenated alkanes) is 8. The molecule has 0 fully saturated rings. The van der Waals surface area contributed by atoms with E-state index < -0.39 is 0 Å². The van der Waals surface area contributed by atoms with Gasteiger partial charge in [-0.2, -0.15) is 0 Å². The van der Waals surface area contributed by atoms with Gasteiger partial charge in [-0.1, -0.05) is 78.2 Å². The zero-order valence-electron chi connectivity index (χ0n) is 12.7. The Balaban J connectivity index is 3.29. The van der Waals surface area contributed by atoms with Crippen LogP contribution in [0, 0.1) is 0 Å². The highest BCUT2D eigenvalue weighted by Gasteiger charge is 2.07. The van der Waals surface area contributed by atoms with Gasteiger partial charge in [-0.05, 0) is 24.8 Å². The quantitative estimate of drug-likeness (QED) is 0.334. The molecule has 1 unspecified atom stereocenters. The average molecular weight is 254 g/mol. The standard InChI is InChI=1S/C17H34O/c1-4-6-8-9-10-11-12-13-15-17(18)16(3)14-7-5-2/h17-18H,3-15H2,1-2H3. The molecule has 0 aromatic carbocycles. The fraction of sp³-hybridized carbons (Fsp3) is 0.882. The monoisotopic (exact) mass is 254 g/mol. The van der Waals surface area contributed by atoms with E-state index in [2.05, 4.69) is 20.4 Å². The van der Waals surface area contributed by atoms with Gasteiger partial charge in [-0.3, -0.25) is 0 Å². The first kappa shape index (κ1) is 17.7. The third kappa shape index (κ3) is 10.8. The lowest BCUT2D eigenvalue weighted by Gasteiger charge is -2.13. The Morgan fingerprint density at radius 1 is 0.833 bits per heavy atom. The van der Waals surface area contributed by atoms with Gasteiger partial charge in [0.1, 0.15) is 0 Å². The highest BCUT2D eigenvalue weighted by molar-refractivity contribution is 5.01. The lowest BCUT2D eigenvalue weighted by atomic mass is 9.99. The molecule has 0 aliphatic carbocycles. The van der Waals surface area contributed by atoms with E-state index in [1.54, 1.807) is 0 Å². The summed E-state index contributed by atoms with van der Waals surface area (Å²) in [5, 5.41) is 9.92. The van der Waals surface area contributed by atoms with Crippen LogP contribution in [0.15, 0.2) is 12.2 Å². The number of hydrogen-bond donors (Lipinski definition) is 1. The first-order valence-electron chi connectivity index (χ1n) is 8.08. The molecule has 0 spiro atoms. The molecule has 0 aromatic heterocycles. The molecule has 0 bridgehead atoms. The highest BCUT2D eigenvalue weighted by Crippen LogP contribution is 2.16. The Hall–Kier alpha value is -0.300. The summed E-state index contributed by atoms with van der Waals surface area (Å²) in [6, 6.07) is 0. The van der Waals surface area contributed by atoms with Crippen molar-refractivity contribution in [3.8, 4) is 0 Å². The lowest BCUT2D eigenvalue weighted by molar-refractivity contribution is 0.191. The molecule has 1 atom stereocenters. The van der Waals surface area contributed by atoms with Crippen molar-refractivity contribution in [2.75, 3.05) is 0 Å². The molecule has 1 heteroatoms. The smallest absolute Gasteiger partial charge is 0.0747 e. The van der Waals surface area contributed by atoms with Gasteiger partial charge in [-0.25, -0.2) is 0 Å². The van der Waals surface area contributed by atoms with Crippen LogP contribution >= 0.6 is 0 Å². The summed E-state index contributed by atoms with van der Waals surface area (Å²) in [6.07, 6.45) is 14.6. The van der Waals surface area contributed by atoms with Gasteiger partial charge >= 0.3 is 0 Å². The summed E-state index contributed by atoms with van der Waals surface area (Å²) in [5.41, 5.74) is 1.04. The van der Waals surface area contributed by atoms with Crippen LogP contribution in [-0.2, 0) is 0 Å². The van der Waals surface area contributed by atoms with Crippen molar-refractivity contribution in [1.29, 1.82) is 0 Å². The fourth-order valence-electron chi connectivity index (χ4n) is 2.25. The van der Waals surface area contributed by atoms with E-state index in [-0.39, 0.29) is 6.10 Å². The van der Waals surface area contributed by atoms with Crippen LogP contribution in [0.3, 0.4) is 0 Å². The molecule has 18 heavy (non-hydrogen) atoms. The minimum atomic E-state index is -0.253. The largest absolute Gasteiger partial charge is 0.389 e. The van der Waals surface area contributed by atoms with E-state index in [0.717, 1.165) is 31.3 Å². The fourth-order valence-corrected chi connectivity index (χ4v) is 2.25. The molecular weight excluding hydrogens is 220 g/mol. The van der Waals surface area contributed by atoms with Gasteiger partial charge < -0.3 is 5.11 Å². The maximum atomic E-state index is 9.92. The second-order valence-corrected chi connectivity index (χ2v) is 5.54. The van der Waals surface area contributed by atoms with Gasteiger partial charge in [-0.15, -0.1) is 0 Å². The Labute approximate surface area is 115 Å². The Morgan fingerprint density at radius 2 is 1.33 bits per heavy atom. The lowest BCUT2D eigenvalue weighted by Crippen LogP contribution is -2.09. The minimum absolute atomic E-state index is 0.253. The van der Waals surface area contributed by atoms with Crippen molar-refractivity contribution in [2.24, 2.45) is 0 Å². The van der Waals surface area contributed by atoms with Crippen molar-refractivity contribution in [2.45, 2.75) is 97.0 Å². The zero-order chi connectivity index (χ0) is 13.6. The third-order valence-corrected chi connectivity index (χ3v) is 3.65. The SMILES string of the molecule is C=C(CCCC)C(O)CCCCCCCCCC. The number of hydrogen-bond acceptors (Lipinski definition) is 1. The molecule has 0 aromatic rings. The van der Waals surface area contributed by atoms with Crippen molar-refractivity contribution >= 4 is 0 Å². The van der Waals surface area contributed by atoms with E-state index in [1.165, 1.54) is 51.4 Å². The maximum Gasteiger partial charge on any atom is 0.0747 e. The molecule has 0 saturated carbocycles. The molecule has 0 radical (unpaired) electrons. The van der Waals surface area contributed by atoms with Crippen molar-refractivity contribution < 1.29 is 5.11 Å². The van der Waals surface area contributed by atoms with Gasteiger partial charge in [0.25, 0.3) is 0 Å². The van der Waals surface area contributed by atoms with E-state index in [1.807, 2.05) is 0 Å². The van der Waals surface area contributed by atoms with E-state index in [0.29, 0.717) is 0 Å². The van der Waals surface area contributed by atoms with Crippen LogP contribution in [-0.4, -0.2) is 11.2 Å². The Morgan fingerprint density at radius 3 is 1.89 bits per heavy atom. The van der Waals surface area contributed by atoms with Gasteiger partial charge in [0.05, 0.1) is 6.10 Å². The third-order valence-electron chi connectivity index (χ3n) is 3.65. The molecule has 1 N–H and O–H groups in total. The first-order valence-corrected chi connectivity index (χ1v) is 8.08. The molecule has 0 aliphatic heterocycles. The van der Waals surface area contributed by atoms with Gasteiger partial charge in [0.15, 0.2) is 0 Å². The molecule has 0 rings (SSSR count). The molecule has 0 amide bonds. The topological polar surface area (TPSA) is 20.2 Å². The molecule has 0 heterocycles. The number of aliphatic hydroxyl groups is 1. The van der Waals surface area contributed by atoms with Crippen molar-refractivity contribution in [3.05, 3.63) is 12.2 Å². The van der Waals surface area contributed by atoms with Crippen LogP contribution in [0.4, 0.5) is 0 Å². The highest BCUT2D eigenvalue weighted by atomic mass is 16.3. The van der Waals surface area contributed by atoms with Crippen LogP contribution < -0.4 is 0 Å². The predicted molar refractivity (Wildman–Crippen MR) is 81.9 cm³/mol. The van der Waals surface area contributed by atoms with Crippen molar-refractivity contribution in [3.63, 3.8) is 0 Å². The van der Waals surface area contributed by atoms with Crippen LogP contribution in [0.25, 0.3) is 0 Å².